The van der Waals surface area contributed by atoms with Crippen LogP contribution in [0.3, 0.4) is 0 Å². The summed E-state index contributed by atoms with van der Waals surface area (Å²) in [6.45, 7) is 4.63. The molecule has 0 amide bonds. The highest BCUT2D eigenvalue weighted by Gasteiger charge is 2.30. The zero-order valence-electron chi connectivity index (χ0n) is 65.7. The first-order valence-corrected chi connectivity index (χ1v) is 44.1. The van der Waals surface area contributed by atoms with Gasteiger partial charge in [-0.1, -0.05) is 304 Å². The zero-order chi connectivity index (χ0) is 76.0. The summed E-state index contributed by atoms with van der Waals surface area (Å²) in [4.78, 5) is 73.1. The molecule has 5 atom stereocenters. The maximum absolute atomic E-state index is 13.1. The highest BCUT2D eigenvalue weighted by molar-refractivity contribution is 7.47. The quantitative estimate of drug-likeness (QED) is 0.0169. The molecule has 600 valence electrons. The van der Waals surface area contributed by atoms with Crippen LogP contribution in [0.25, 0.3) is 0 Å². The van der Waals surface area contributed by atoms with E-state index in [2.05, 4.69) is 137 Å². The minimum absolute atomic E-state index is 0.0768. The van der Waals surface area contributed by atoms with Crippen molar-refractivity contribution in [1.82, 2.24) is 0 Å². The van der Waals surface area contributed by atoms with Crippen molar-refractivity contribution in [2.75, 3.05) is 39.6 Å². The molecule has 0 aromatic heterocycles. The molecule has 0 saturated carbocycles. The van der Waals surface area contributed by atoms with Gasteiger partial charge in [0.25, 0.3) is 0 Å². The number of hydrogen-bond donors (Lipinski definition) is 3. The summed E-state index contributed by atoms with van der Waals surface area (Å²) in [6, 6.07) is 0. The average Bonchev–Trinajstić information content (AvgIpc) is 0.926. The Kier molecular flexibility index (Phi) is 73.7. The number of hydrogen-bond acceptors (Lipinski definition) is 15. The van der Waals surface area contributed by atoms with Crippen molar-refractivity contribution >= 4 is 39.5 Å². The van der Waals surface area contributed by atoms with Crippen LogP contribution < -0.4 is 0 Å². The van der Waals surface area contributed by atoms with Crippen molar-refractivity contribution in [3.05, 3.63) is 109 Å². The predicted octanol–water partition coefficient (Wildman–Crippen LogP) is 24.1. The van der Waals surface area contributed by atoms with E-state index >= 15 is 0 Å². The van der Waals surface area contributed by atoms with Crippen LogP contribution >= 0.6 is 15.6 Å². The van der Waals surface area contributed by atoms with Crippen molar-refractivity contribution in [1.29, 1.82) is 0 Å². The number of allylic oxidation sites excluding steroid dienone is 18. The molecule has 3 N–H and O–H groups in total. The monoisotopic (exact) mass is 1500 g/mol. The molecule has 0 heterocycles. The Morgan fingerprint density at radius 1 is 0.279 bits per heavy atom. The smallest absolute Gasteiger partial charge is 0.462 e. The summed E-state index contributed by atoms with van der Waals surface area (Å²) in [6.07, 6.45) is 83.4. The topological polar surface area (TPSA) is 237 Å². The first-order chi connectivity index (χ1) is 50.7. The Hall–Kier alpha value is -4.28. The van der Waals surface area contributed by atoms with Crippen LogP contribution in [-0.4, -0.2) is 96.7 Å². The lowest BCUT2D eigenvalue weighted by atomic mass is 10.0. The van der Waals surface area contributed by atoms with Crippen molar-refractivity contribution < 1.29 is 80.2 Å². The fourth-order valence-electron chi connectivity index (χ4n) is 11.0. The van der Waals surface area contributed by atoms with E-state index < -0.39 is 97.5 Å². The first kappa shape index (κ1) is 99.7. The molecule has 104 heavy (non-hydrogen) atoms. The molecular formula is C85H148O17P2. The lowest BCUT2D eigenvalue weighted by Crippen LogP contribution is -2.30. The van der Waals surface area contributed by atoms with E-state index in [4.69, 9.17) is 37.0 Å². The minimum atomic E-state index is -4.99. The van der Waals surface area contributed by atoms with Crippen molar-refractivity contribution in [3.8, 4) is 0 Å². The second kappa shape index (κ2) is 76.9. The van der Waals surface area contributed by atoms with Crippen molar-refractivity contribution in [2.24, 2.45) is 0 Å². The van der Waals surface area contributed by atoms with Gasteiger partial charge in [-0.2, -0.15) is 0 Å². The summed E-state index contributed by atoms with van der Waals surface area (Å²) < 4.78 is 68.7. The number of ether oxygens (including phenoxy) is 4. The third-order valence-corrected chi connectivity index (χ3v) is 19.1. The fraction of sp³-hybridized carbons (Fsp3) is 0.741. The molecule has 0 aliphatic carbocycles. The van der Waals surface area contributed by atoms with Crippen LogP contribution in [0.15, 0.2) is 109 Å². The summed E-state index contributed by atoms with van der Waals surface area (Å²) in [7, 11) is -9.97. The standard InChI is InChI=1S/C85H148O17P2/c1-5-9-13-17-21-25-29-33-37-39-43-46-50-54-58-62-66-70-83(88)96-76-81(102-85(90)72-68-64-60-56-52-48-44-40-38-34-30-26-22-18-14-10-6-2)78-100-104(93,94)98-74-79(86)73-97-103(91,92)99-77-80(101-84(89)71-67-63-59-55-51-47-42-36-32-28-24-20-16-12-8-4)75-95-82(87)69-65-61-57-53-49-45-41-35-31-27-23-19-15-11-7-3/h9-10,13-14,21-23,25-27,33-35,37-38,41,43,46,79-81,86H,5-8,11-12,15-20,24,28-32,36,39-40,42,44-45,47-78H2,1-4H3,(H,91,92)(H,93,94)/b13-9-,14-10-,25-21-,26-22-,27-23-,37-33-,38-34-,41-35-,46-43-. The van der Waals surface area contributed by atoms with Gasteiger partial charge in [0.15, 0.2) is 12.2 Å². The lowest BCUT2D eigenvalue weighted by molar-refractivity contribution is -0.161. The molecule has 0 aliphatic rings. The molecule has 19 heteroatoms. The molecule has 0 saturated heterocycles. The van der Waals surface area contributed by atoms with Gasteiger partial charge in [-0.15, -0.1) is 0 Å². The van der Waals surface area contributed by atoms with Gasteiger partial charge in [0.2, 0.25) is 0 Å². The third-order valence-electron chi connectivity index (χ3n) is 17.2. The summed E-state index contributed by atoms with van der Waals surface area (Å²) in [5, 5.41) is 10.7. The van der Waals surface area contributed by atoms with Crippen LogP contribution in [0, 0.1) is 0 Å². The van der Waals surface area contributed by atoms with Gasteiger partial charge in [0, 0.05) is 25.7 Å². The Morgan fingerprint density at radius 3 is 0.788 bits per heavy atom. The molecule has 0 spiro atoms. The van der Waals surface area contributed by atoms with Crippen molar-refractivity contribution in [3.63, 3.8) is 0 Å². The zero-order valence-corrected chi connectivity index (χ0v) is 67.5. The number of phosphoric acid groups is 2. The summed E-state index contributed by atoms with van der Waals surface area (Å²) >= 11 is 0. The molecule has 17 nitrogen and oxygen atoms in total. The van der Waals surface area contributed by atoms with Crippen LogP contribution in [0.1, 0.15) is 349 Å². The van der Waals surface area contributed by atoms with Gasteiger partial charge in [-0.3, -0.25) is 37.3 Å². The highest BCUT2D eigenvalue weighted by atomic mass is 31.2. The van der Waals surface area contributed by atoms with E-state index in [0.29, 0.717) is 25.7 Å². The fourth-order valence-corrected chi connectivity index (χ4v) is 12.6. The number of carbonyl (C=O) groups excluding carboxylic acids is 4. The Morgan fingerprint density at radius 2 is 0.500 bits per heavy atom. The molecule has 0 aliphatic heterocycles. The Bertz CT molecular complexity index is 2390. The SMILES string of the molecule is CC/C=C\C/C=C\C/C=C\C/C=C\CCCCCCC(=O)OCC(COP(=O)(O)OCC(O)COP(=O)(O)OCC(COC(=O)CCCCCCC/C=C\C/C=C\CCCCC)OC(=O)CCCCCCCCCCCCCCCCC)OC(=O)CCCCCCCCC/C=C\C/C=C\C/C=C\CC. The number of carbonyl (C=O) groups is 4. The molecule has 0 rings (SSSR count). The van der Waals surface area contributed by atoms with Gasteiger partial charge in [-0.25, -0.2) is 9.13 Å². The molecular weight excluding hydrogens is 1350 g/mol. The number of aliphatic hydroxyl groups excluding tert-OH is 1. The van der Waals surface area contributed by atoms with Gasteiger partial charge >= 0.3 is 39.5 Å². The number of phosphoric ester groups is 2. The maximum Gasteiger partial charge on any atom is 0.472 e. The summed E-state index contributed by atoms with van der Waals surface area (Å²) in [5.41, 5.74) is 0. The largest absolute Gasteiger partial charge is 0.472 e. The molecule has 0 fully saturated rings. The minimum Gasteiger partial charge on any atom is -0.462 e. The van der Waals surface area contributed by atoms with E-state index in [1.54, 1.807) is 0 Å². The number of aliphatic hydroxyl groups is 1. The van der Waals surface area contributed by atoms with Gasteiger partial charge in [-0.05, 0) is 128 Å². The van der Waals surface area contributed by atoms with Gasteiger partial charge in [0.1, 0.15) is 19.3 Å². The number of rotatable bonds is 77. The van der Waals surface area contributed by atoms with Gasteiger partial charge < -0.3 is 33.8 Å². The Labute approximate surface area is 632 Å². The molecule has 0 aromatic rings. The van der Waals surface area contributed by atoms with E-state index in [1.807, 2.05) is 0 Å². The molecule has 0 radical (unpaired) electrons. The molecule has 0 bridgehead atoms. The predicted molar refractivity (Wildman–Crippen MR) is 427 cm³/mol. The number of esters is 4. The second-order valence-electron chi connectivity index (χ2n) is 27.3. The van der Waals surface area contributed by atoms with E-state index in [9.17, 15) is 43.2 Å². The van der Waals surface area contributed by atoms with Crippen LogP contribution in [0.4, 0.5) is 0 Å². The maximum atomic E-state index is 13.1. The van der Waals surface area contributed by atoms with Crippen LogP contribution in [-0.2, 0) is 65.4 Å². The summed E-state index contributed by atoms with van der Waals surface area (Å²) in [5.74, 6) is -2.21. The number of unbranched alkanes of at least 4 members (excludes halogenated alkanes) is 33. The molecule has 0 aromatic carbocycles. The van der Waals surface area contributed by atoms with Crippen LogP contribution in [0.2, 0.25) is 0 Å². The van der Waals surface area contributed by atoms with E-state index in [1.165, 1.54) is 83.5 Å². The van der Waals surface area contributed by atoms with Gasteiger partial charge in [0.05, 0.1) is 26.4 Å². The van der Waals surface area contributed by atoms with Crippen LogP contribution in [0.5, 0.6) is 0 Å². The Balaban J connectivity index is 5.39. The first-order valence-electron chi connectivity index (χ1n) is 41.1. The normalized spacial score (nSPS) is 14.4. The van der Waals surface area contributed by atoms with E-state index in [-0.39, 0.29) is 25.7 Å². The second-order valence-corrected chi connectivity index (χ2v) is 30.2. The average molecular weight is 1500 g/mol. The third kappa shape index (κ3) is 75.9. The lowest BCUT2D eigenvalue weighted by Gasteiger charge is -2.21. The highest BCUT2D eigenvalue weighted by Crippen LogP contribution is 2.45. The van der Waals surface area contributed by atoms with E-state index in [0.717, 1.165) is 186 Å². The van der Waals surface area contributed by atoms with Crippen molar-refractivity contribution in [2.45, 2.75) is 367 Å². The molecule has 5 unspecified atom stereocenters.